The van der Waals surface area contributed by atoms with Crippen LogP contribution in [0.1, 0.15) is 44.7 Å². The lowest BCUT2D eigenvalue weighted by atomic mass is 10.0. The van der Waals surface area contributed by atoms with Crippen molar-refractivity contribution in [2.24, 2.45) is 0 Å². The number of amides is 3. The fourth-order valence-corrected chi connectivity index (χ4v) is 3.56. The summed E-state index contributed by atoms with van der Waals surface area (Å²) in [5, 5.41) is 8.46. The van der Waals surface area contributed by atoms with Gasteiger partial charge in [0.05, 0.1) is 5.56 Å². The van der Waals surface area contributed by atoms with Crippen LogP contribution in [-0.4, -0.2) is 29.8 Å². The fraction of sp³-hybridized carbons (Fsp3) is 0.222. The highest BCUT2D eigenvalue weighted by Gasteiger charge is 2.29. The molecule has 1 aliphatic rings. The van der Waals surface area contributed by atoms with Crippen molar-refractivity contribution in [2.75, 3.05) is 5.32 Å². The maximum atomic E-state index is 14.0. The van der Waals surface area contributed by atoms with E-state index in [1.54, 1.807) is 25.1 Å². The van der Waals surface area contributed by atoms with E-state index in [0.29, 0.717) is 17.7 Å². The fourth-order valence-electron chi connectivity index (χ4n) is 3.56. The van der Waals surface area contributed by atoms with Crippen LogP contribution in [-0.2, 0) is 11.2 Å². The van der Waals surface area contributed by atoms with E-state index in [2.05, 4.69) is 16.0 Å². The minimum Gasteiger partial charge on any atom is -0.352 e. The number of anilines is 1. The van der Waals surface area contributed by atoms with Crippen LogP contribution in [0.3, 0.4) is 0 Å². The summed E-state index contributed by atoms with van der Waals surface area (Å²) in [5.74, 6) is -1.89. The van der Waals surface area contributed by atoms with Gasteiger partial charge in [-0.3, -0.25) is 14.4 Å². The molecule has 0 aromatic heterocycles. The van der Waals surface area contributed by atoms with Crippen LogP contribution in [0, 0.1) is 12.7 Å². The number of aryl methyl sites for hydroxylation is 1. The molecule has 0 radical (unpaired) electrons. The van der Waals surface area contributed by atoms with E-state index >= 15 is 0 Å². The third kappa shape index (κ3) is 5.86. The SMILES string of the molecule is Cc1ccc(C(=O)NC(Cc2ccccc2)C(=O)NC2CC2)cc1NC(=O)c1ccccc1F. The monoisotopic (exact) mass is 459 g/mol. The molecule has 1 saturated carbocycles. The molecule has 3 N–H and O–H groups in total. The Morgan fingerprint density at radius 1 is 0.941 bits per heavy atom. The average Bonchev–Trinajstić information content (AvgIpc) is 3.65. The van der Waals surface area contributed by atoms with E-state index in [0.717, 1.165) is 18.4 Å². The molecular weight excluding hydrogens is 433 g/mol. The van der Waals surface area contributed by atoms with Crippen molar-refractivity contribution in [3.8, 4) is 0 Å². The Hall–Kier alpha value is -4.00. The van der Waals surface area contributed by atoms with Crippen LogP contribution in [0.4, 0.5) is 10.1 Å². The number of carbonyl (C=O) groups is 3. The zero-order valence-electron chi connectivity index (χ0n) is 18.8. The minimum absolute atomic E-state index is 0.0866. The molecule has 1 atom stereocenters. The Bertz CT molecular complexity index is 1210. The van der Waals surface area contributed by atoms with E-state index in [-0.39, 0.29) is 23.1 Å². The van der Waals surface area contributed by atoms with Gasteiger partial charge in [-0.25, -0.2) is 4.39 Å². The Labute approximate surface area is 197 Å². The first-order valence-corrected chi connectivity index (χ1v) is 11.2. The third-order valence-corrected chi connectivity index (χ3v) is 5.69. The summed E-state index contributed by atoms with van der Waals surface area (Å²) in [6.45, 7) is 1.78. The maximum absolute atomic E-state index is 14.0. The number of hydrogen-bond acceptors (Lipinski definition) is 3. The summed E-state index contributed by atoms with van der Waals surface area (Å²) in [5.41, 5.74) is 2.24. The van der Waals surface area contributed by atoms with Crippen molar-refractivity contribution >= 4 is 23.4 Å². The van der Waals surface area contributed by atoms with Gasteiger partial charge >= 0.3 is 0 Å². The quantitative estimate of drug-likeness (QED) is 0.476. The molecule has 0 spiro atoms. The summed E-state index contributed by atoms with van der Waals surface area (Å²) < 4.78 is 14.0. The Morgan fingerprint density at radius 2 is 1.65 bits per heavy atom. The number of benzene rings is 3. The molecule has 1 fully saturated rings. The van der Waals surface area contributed by atoms with Gasteiger partial charge in [-0.05, 0) is 55.2 Å². The Morgan fingerprint density at radius 3 is 2.35 bits per heavy atom. The van der Waals surface area contributed by atoms with Crippen molar-refractivity contribution in [1.29, 1.82) is 0 Å². The number of halogens is 1. The standard InChI is InChI=1S/C27H26FN3O3/c1-17-11-12-19(16-23(17)30-26(33)21-9-5-6-10-22(21)28)25(32)31-24(27(34)29-20-13-14-20)15-18-7-3-2-4-8-18/h2-12,16,20,24H,13-15H2,1H3,(H,29,34)(H,30,33)(H,31,32). The van der Waals surface area contributed by atoms with Gasteiger partial charge in [0.15, 0.2) is 0 Å². The molecule has 34 heavy (non-hydrogen) atoms. The van der Waals surface area contributed by atoms with Crippen molar-refractivity contribution < 1.29 is 18.8 Å². The van der Waals surface area contributed by atoms with Crippen molar-refractivity contribution in [3.05, 3.63) is 101 Å². The number of hydrogen-bond donors (Lipinski definition) is 3. The molecule has 6 nitrogen and oxygen atoms in total. The van der Waals surface area contributed by atoms with E-state index in [1.165, 1.54) is 24.3 Å². The molecule has 174 valence electrons. The molecule has 0 aliphatic heterocycles. The summed E-state index contributed by atoms with van der Waals surface area (Å²) in [6.07, 6.45) is 2.25. The molecular formula is C27H26FN3O3. The maximum Gasteiger partial charge on any atom is 0.258 e. The summed E-state index contributed by atoms with van der Waals surface area (Å²) in [7, 11) is 0. The van der Waals surface area contributed by atoms with Gasteiger partial charge in [0, 0.05) is 23.7 Å². The minimum atomic E-state index is -0.742. The molecule has 3 aromatic rings. The van der Waals surface area contributed by atoms with Crippen LogP contribution in [0.25, 0.3) is 0 Å². The summed E-state index contributed by atoms with van der Waals surface area (Å²) >= 11 is 0. The lowest BCUT2D eigenvalue weighted by Crippen LogP contribution is -2.48. The Kier molecular flexibility index (Phi) is 7.01. The van der Waals surface area contributed by atoms with Gasteiger partial charge in [0.25, 0.3) is 11.8 Å². The summed E-state index contributed by atoms with van der Waals surface area (Å²) in [6, 6.07) is 19.5. The Balaban J connectivity index is 1.50. The second kappa shape index (κ2) is 10.3. The first kappa shape index (κ1) is 23.2. The third-order valence-electron chi connectivity index (χ3n) is 5.69. The first-order valence-electron chi connectivity index (χ1n) is 11.2. The van der Waals surface area contributed by atoms with Crippen LogP contribution < -0.4 is 16.0 Å². The largest absolute Gasteiger partial charge is 0.352 e. The van der Waals surface area contributed by atoms with Gasteiger partial charge in [0.2, 0.25) is 5.91 Å². The normalized spacial score (nSPS) is 13.6. The van der Waals surface area contributed by atoms with Gasteiger partial charge in [-0.1, -0.05) is 48.5 Å². The second-order valence-electron chi connectivity index (χ2n) is 8.46. The molecule has 1 aliphatic carbocycles. The van der Waals surface area contributed by atoms with Crippen LogP contribution in [0.2, 0.25) is 0 Å². The molecule has 3 amide bonds. The van der Waals surface area contributed by atoms with E-state index in [4.69, 9.17) is 0 Å². The van der Waals surface area contributed by atoms with Crippen LogP contribution in [0.5, 0.6) is 0 Å². The van der Waals surface area contributed by atoms with Crippen LogP contribution >= 0.6 is 0 Å². The smallest absolute Gasteiger partial charge is 0.258 e. The van der Waals surface area contributed by atoms with Crippen molar-refractivity contribution in [1.82, 2.24) is 10.6 Å². The van der Waals surface area contributed by atoms with Gasteiger partial charge in [-0.2, -0.15) is 0 Å². The van der Waals surface area contributed by atoms with Crippen molar-refractivity contribution in [2.45, 2.75) is 38.3 Å². The van der Waals surface area contributed by atoms with Gasteiger partial charge in [0.1, 0.15) is 11.9 Å². The molecule has 0 bridgehead atoms. The van der Waals surface area contributed by atoms with Gasteiger partial charge in [-0.15, -0.1) is 0 Å². The highest BCUT2D eigenvalue weighted by molar-refractivity contribution is 6.06. The lowest BCUT2D eigenvalue weighted by Gasteiger charge is -2.19. The topological polar surface area (TPSA) is 87.3 Å². The summed E-state index contributed by atoms with van der Waals surface area (Å²) in [4.78, 5) is 38.4. The first-order chi connectivity index (χ1) is 16.4. The molecule has 1 unspecified atom stereocenters. The molecule has 3 aromatic carbocycles. The van der Waals surface area contributed by atoms with Gasteiger partial charge < -0.3 is 16.0 Å². The number of carbonyl (C=O) groups excluding carboxylic acids is 3. The second-order valence-corrected chi connectivity index (χ2v) is 8.46. The average molecular weight is 460 g/mol. The predicted molar refractivity (Wildman–Crippen MR) is 128 cm³/mol. The zero-order valence-corrected chi connectivity index (χ0v) is 18.8. The number of nitrogens with one attached hydrogen (secondary N) is 3. The lowest BCUT2D eigenvalue weighted by molar-refractivity contribution is -0.123. The highest BCUT2D eigenvalue weighted by atomic mass is 19.1. The molecule has 7 heteroatoms. The predicted octanol–water partition coefficient (Wildman–Crippen LogP) is 4.01. The molecule has 0 saturated heterocycles. The van der Waals surface area contributed by atoms with Crippen LogP contribution in [0.15, 0.2) is 72.8 Å². The van der Waals surface area contributed by atoms with E-state index in [9.17, 15) is 18.8 Å². The van der Waals surface area contributed by atoms with Crippen molar-refractivity contribution in [3.63, 3.8) is 0 Å². The number of rotatable bonds is 8. The highest BCUT2D eigenvalue weighted by Crippen LogP contribution is 2.21. The molecule has 0 heterocycles. The van der Waals surface area contributed by atoms with E-state index < -0.39 is 23.7 Å². The van der Waals surface area contributed by atoms with E-state index in [1.807, 2.05) is 30.3 Å². The molecule has 4 rings (SSSR count). The zero-order chi connectivity index (χ0) is 24.1.